The summed E-state index contributed by atoms with van der Waals surface area (Å²) in [4.78, 5) is 13.0. The summed E-state index contributed by atoms with van der Waals surface area (Å²) in [7, 11) is 0. The summed E-state index contributed by atoms with van der Waals surface area (Å²) in [6.07, 6.45) is 3.67. The Bertz CT molecular complexity index is 549. The second-order valence-electron chi connectivity index (χ2n) is 3.39. The van der Waals surface area contributed by atoms with Crippen molar-refractivity contribution in [3.8, 4) is 5.69 Å². The number of para-hydroxylation sites is 1. The van der Waals surface area contributed by atoms with Gasteiger partial charge in [-0.05, 0) is 25.3 Å². The van der Waals surface area contributed by atoms with E-state index in [0.717, 1.165) is 16.1 Å². The van der Waals surface area contributed by atoms with Crippen LogP contribution in [-0.2, 0) is 0 Å². The summed E-state index contributed by atoms with van der Waals surface area (Å²) >= 11 is 1.54. The lowest BCUT2D eigenvalue weighted by atomic mass is 10.3. The third-order valence-corrected chi connectivity index (χ3v) is 3.25. The van der Waals surface area contributed by atoms with Gasteiger partial charge in [-0.2, -0.15) is 9.78 Å². The van der Waals surface area contributed by atoms with Crippen LogP contribution in [0.15, 0.2) is 46.2 Å². The van der Waals surface area contributed by atoms with Crippen molar-refractivity contribution < 1.29 is 0 Å². The monoisotopic (exact) mass is 232 g/mol. The number of rotatable bonds is 2. The molecule has 0 atom stereocenters. The summed E-state index contributed by atoms with van der Waals surface area (Å²) in [6.45, 7) is 1.83. The van der Waals surface area contributed by atoms with Gasteiger partial charge in [-0.15, -0.1) is 11.8 Å². The van der Waals surface area contributed by atoms with E-state index in [1.165, 1.54) is 16.4 Å². The maximum absolute atomic E-state index is 12.0. The van der Waals surface area contributed by atoms with Crippen molar-refractivity contribution in [2.45, 2.75) is 11.8 Å². The molecule has 3 nitrogen and oxygen atoms in total. The van der Waals surface area contributed by atoms with Gasteiger partial charge in [0.05, 0.1) is 11.9 Å². The Morgan fingerprint density at radius 1 is 1.25 bits per heavy atom. The minimum atomic E-state index is -0.0574. The van der Waals surface area contributed by atoms with Crippen LogP contribution in [0.2, 0.25) is 0 Å². The fraction of sp³-hybridized carbons (Fsp3) is 0.167. The number of thioether (sulfide) groups is 1. The Kier molecular flexibility index (Phi) is 3.10. The predicted octanol–water partition coefficient (Wildman–Crippen LogP) is 2.26. The van der Waals surface area contributed by atoms with Crippen molar-refractivity contribution in [3.05, 3.63) is 52.4 Å². The molecule has 2 rings (SSSR count). The molecule has 0 saturated carbocycles. The normalized spacial score (nSPS) is 10.4. The lowest BCUT2D eigenvalue weighted by Gasteiger charge is -2.07. The molecule has 16 heavy (non-hydrogen) atoms. The van der Waals surface area contributed by atoms with Gasteiger partial charge in [0.15, 0.2) is 0 Å². The summed E-state index contributed by atoms with van der Waals surface area (Å²) in [5.74, 6) is 0. The maximum Gasteiger partial charge on any atom is 0.275 e. The Morgan fingerprint density at radius 3 is 2.56 bits per heavy atom. The molecule has 0 bridgehead atoms. The number of aromatic nitrogens is 2. The minimum absolute atomic E-state index is 0.0574. The smallest absolute Gasteiger partial charge is 0.267 e. The van der Waals surface area contributed by atoms with Crippen LogP contribution in [0.1, 0.15) is 5.56 Å². The lowest BCUT2D eigenvalue weighted by molar-refractivity contribution is 0.777. The number of hydrogen-bond donors (Lipinski definition) is 0. The molecule has 0 unspecified atom stereocenters. The van der Waals surface area contributed by atoms with Crippen LogP contribution < -0.4 is 5.56 Å². The van der Waals surface area contributed by atoms with Crippen LogP contribution in [0.5, 0.6) is 0 Å². The first-order valence-electron chi connectivity index (χ1n) is 4.92. The third kappa shape index (κ3) is 1.88. The highest BCUT2D eigenvalue weighted by molar-refractivity contribution is 7.98. The SMILES string of the molecule is CSc1cnn(-c2ccccc2)c(=O)c1C. The largest absolute Gasteiger partial charge is 0.275 e. The molecule has 4 heteroatoms. The number of hydrogen-bond acceptors (Lipinski definition) is 3. The van der Waals surface area contributed by atoms with E-state index in [-0.39, 0.29) is 5.56 Å². The van der Waals surface area contributed by atoms with Crippen molar-refractivity contribution in [2.24, 2.45) is 0 Å². The quantitative estimate of drug-likeness (QED) is 0.745. The zero-order valence-electron chi connectivity index (χ0n) is 9.18. The molecular weight excluding hydrogens is 220 g/mol. The molecule has 0 N–H and O–H groups in total. The topological polar surface area (TPSA) is 34.9 Å². The van der Waals surface area contributed by atoms with Gasteiger partial charge in [0.2, 0.25) is 0 Å². The fourth-order valence-corrected chi connectivity index (χ4v) is 2.03. The fourth-order valence-electron chi connectivity index (χ4n) is 1.48. The highest BCUT2D eigenvalue weighted by Gasteiger charge is 2.07. The van der Waals surface area contributed by atoms with Crippen LogP contribution in [0, 0.1) is 6.92 Å². The second kappa shape index (κ2) is 4.53. The minimum Gasteiger partial charge on any atom is -0.267 e. The van der Waals surface area contributed by atoms with E-state index >= 15 is 0 Å². The van der Waals surface area contributed by atoms with Gasteiger partial charge in [0, 0.05) is 10.5 Å². The van der Waals surface area contributed by atoms with Gasteiger partial charge in [0.25, 0.3) is 5.56 Å². The molecule has 0 spiro atoms. The first-order valence-corrected chi connectivity index (χ1v) is 6.15. The summed E-state index contributed by atoms with van der Waals surface area (Å²) < 4.78 is 1.43. The average molecular weight is 232 g/mol. The highest BCUT2D eigenvalue weighted by atomic mass is 32.2. The predicted molar refractivity (Wildman–Crippen MR) is 66.4 cm³/mol. The molecule has 0 aliphatic rings. The van der Waals surface area contributed by atoms with Gasteiger partial charge in [-0.3, -0.25) is 4.79 Å². The van der Waals surface area contributed by atoms with Crippen LogP contribution in [0.3, 0.4) is 0 Å². The molecular formula is C12H12N2OS. The van der Waals surface area contributed by atoms with Crippen LogP contribution in [0.4, 0.5) is 0 Å². The van der Waals surface area contributed by atoms with Crippen LogP contribution in [-0.4, -0.2) is 16.0 Å². The third-order valence-electron chi connectivity index (χ3n) is 2.39. The van der Waals surface area contributed by atoms with Gasteiger partial charge in [-0.1, -0.05) is 18.2 Å². The van der Waals surface area contributed by atoms with E-state index in [4.69, 9.17) is 0 Å². The molecule has 0 radical (unpaired) electrons. The molecule has 1 heterocycles. The van der Waals surface area contributed by atoms with Crippen molar-refractivity contribution in [3.63, 3.8) is 0 Å². The Hall–Kier alpha value is -1.55. The molecule has 0 aliphatic heterocycles. The summed E-state index contributed by atoms with van der Waals surface area (Å²) in [5, 5.41) is 4.16. The Balaban J connectivity index is 2.61. The van der Waals surface area contributed by atoms with E-state index in [1.807, 2.05) is 43.5 Å². The zero-order chi connectivity index (χ0) is 11.5. The number of benzene rings is 1. The zero-order valence-corrected chi connectivity index (χ0v) is 9.99. The van der Waals surface area contributed by atoms with E-state index in [1.54, 1.807) is 6.20 Å². The first-order chi connectivity index (χ1) is 7.74. The molecule has 1 aromatic carbocycles. The standard InChI is InChI=1S/C12H12N2OS/c1-9-11(16-2)8-13-14(12(9)15)10-6-4-3-5-7-10/h3-8H,1-2H3. The Morgan fingerprint density at radius 2 is 1.94 bits per heavy atom. The van der Waals surface area contributed by atoms with Crippen molar-refractivity contribution in [1.82, 2.24) is 9.78 Å². The van der Waals surface area contributed by atoms with Crippen molar-refractivity contribution >= 4 is 11.8 Å². The van der Waals surface area contributed by atoms with Gasteiger partial charge in [-0.25, -0.2) is 0 Å². The maximum atomic E-state index is 12.0. The van der Waals surface area contributed by atoms with Crippen molar-refractivity contribution in [2.75, 3.05) is 6.26 Å². The molecule has 1 aromatic heterocycles. The molecule has 0 amide bonds. The molecule has 0 fully saturated rings. The van der Waals surface area contributed by atoms with E-state index in [9.17, 15) is 4.79 Å². The molecule has 2 aromatic rings. The van der Waals surface area contributed by atoms with E-state index in [2.05, 4.69) is 5.10 Å². The lowest BCUT2D eigenvalue weighted by Crippen LogP contribution is -2.23. The first kappa shape index (κ1) is 11.0. The molecule has 82 valence electrons. The second-order valence-corrected chi connectivity index (χ2v) is 4.24. The average Bonchev–Trinajstić information content (AvgIpc) is 2.34. The highest BCUT2D eigenvalue weighted by Crippen LogP contribution is 2.15. The summed E-state index contributed by atoms with van der Waals surface area (Å²) in [5.41, 5.74) is 1.48. The van der Waals surface area contributed by atoms with Gasteiger partial charge < -0.3 is 0 Å². The summed E-state index contributed by atoms with van der Waals surface area (Å²) in [6, 6.07) is 9.43. The Labute approximate surface area is 98.1 Å². The van der Waals surface area contributed by atoms with Gasteiger partial charge >= 0.3 is 0 Å². The van der Waals surface area contributed by atoms with E-state index in [0.29, 0.717) is 0 Å². The van der Waals surface area contributed by atoms with E-state index < -0.39 is 0 Å². The molecule has 0 saturated heterocycles. The van der Waals surface area contributed by atoms with Crippen molar-refractivity contribution in [1.29, 1.82) is 0 Å². The van der Waals surface area contributed by atoms with Crippen LogP contribution >= 0.6 is 11.8 Å². The van der Waals surface area contributed by atoms with Gasteiger partial charge in [0.1, 0.15) is 0 Å². The van der Waals surface area contributed by atoms with Crippen LogP contribution in [0.25, 0.3) is 5.69 Å². The molecule has 0 aliphatic carbocycles. The number of nitrogens with zero attached hydrogens (tertiary/aromatic N) is 2.